The predicted octanol–water partition coefficient (Wildman–Crippen LogP) is 5.19. The summed E-state index contributed by atoms with van der Waals surface area (Å²) in [6, 6.07) is 7.40. The Kier molecular flexibility index (Phi) is 5.65. The molecule has 2 heterocycles. The molecule has 0 amide bonds. The van der Waals surface area contributed by atoms with Crippen LogP contribution in [0, 0.1) is 0 Å². The van der Waals surface area contributed by atoms with Gasteiger partial charge in [-0.05, 0) is 36.6 Å². The minimum Gasteiger partial charge on any atom is -0.497 e. The number of benzene rings is 1. The zero-order valence-corrected chi connectivity index (χ0v) is 16.6. The fourth-order valence-corrected chi connectivity index (χ4v) is 3.72. The van der Waals surface area contributed by atoms with Gasteiger partial charge in [-0.25, -0.2) is 9.78 Å². The summed E-state index contributed by atoms with van der Waals surface area (Å²) in [5.74, 6) is 0.914. The van der Waals surface area contributed by atoms with Crippen molar-refractivity contribution in [1.29, 1.82) is 0 Å². The van der Waals surface area contributed by atoms with Crippen LogP contribution < -0.4 is 14.8 Å². The number of pyridine rings is 1. The molecular formula is C21H20N2O4S. The molecule has 6 nitrogen and oxygen atoms in total. The van der Waals surface area contributed by atoms with E-state index in [1.165, 1.54) is 6.92 Å². The molecule has 0 aliphatic carbocycles. The molecule has 0 bridgehead atoms. The van der Waals surface area contributed by atoms with Gasteiger partial charge in [-0.1, -0.05) is 12.7 Å². The average Bonchev–Trinajstić information content (AvgIpc) is 3.18. The molecule has 2 N–H and O–H groups in total. The van der Waals surface area contributed by atoms with E-state index in [-0.39, 0.29) is 5.57 Å². The number of aliphatic carboxylic acids is 1. The number of carboxylic acids is 1. The molecule has 0 fully saturated rings. The van der Waals surface area contributed by atoms with Gasteiger partial charge in [0.1, 0.15) is 17.3 Å². The first kappa shape index (κ1) is 19.4. The minimum atomic E-state index is -0.993. The van der Waals surface area contributed by atoms with Crippen molar-refractivity contribution >= 4 is 51.0 Å². The van der Waals surface area contributed by atoms with E-state index in [0.717, 1.165) is 15.6 Å². The van der Waals surface area contributed by atoms with Crippen LogP contribution in [0.3, 0.4) is 0 Å². The number of fused-ring (bicyclic) bond motifs is 1. The third-order valence-corrected chi connectivity index (χ3v) is 5.18. The van der Waals surface area contributed by atoms with Crippen LogP contribution in [0.5, 0.6) is 11.5 Å². The van der Waals surface area contributed by atoms with E-state index >= 15 is 0 Å². The molecule has 0 saturated heterocycles. The van der Waals surface area contributed by atoms with Crippen molar-refractivity contribution in [1.82, 2.24) is 4.98 Å². The van der Waals surface area contributed by atoms with E-state index in [0.29, 0.717) is 28.7 Å². The molecule has 2 aromatic heterocycles. The number of hydrogen-bond acceptors (Lipinski definition) is 6. The first-order chi connectivity index (χ1) is 13.5. The van der Waals surface area contributed by atoms with E-state index in [1.54, 1.807) is 43.8 Å². The number of nitrogens with zero attached hydrogens (tertiary/aromatic N) is 1. The zero-order chi connectivity index (χ0) is 20.3. The highest BCUT2D eigenvalue weighted by molar-refractivity contribution is 7.17. The molecule has 0 saturated carbocycles. The lowest BCUT2D eigenvalue weighted by atomic mass is 10.1. The summed E-state index contributed by atoms with van der Waals surface area (Å²) in [4.78, 5) is 16.0. The van der Waals surface area contributed by atoms with Crippen LogP contribution in [0.15, 0.2) is 41.8 Å². The SMILES string of the molecule is C=Cc1c(/C=C(\C)C(=O)O)nc(Nc2cc(OC)ccc2OC)c2ccsc12. The molecular weight excluding hydrogens is 376 g/mol. The number of thiophene rings is 1. The number of carbonyl (C=O) groups is 1. The van der Waals surface area contributed by atoms with Crippen LogP contribution in [-0.4, -0.2) is 30.3 Å². The molecule has 3 aromatic rings. The van der Waals surface area contributed by atoms with Gasteiger partial charge in [0.05, 0.1) is 25.6 Å². The second kappa shape index (κ2) is 8.14. The lowest BCUT2D eigenvalue weighted by Gasteiger charge is -2.14. The molecule has 28 heavy (non-hydrogen) atoms. The van der Waals surface area contributed by atoms with Gasteiger partial charge >= 0.3 is 5.97 Å². The summed E-state index contributed by atoms with van der Waals surface area (Å²) in [6.07, 6.45) is 3.25. The van der Waals surface area contributed by atoms with Crippen LogP contribution >= 0.6 is 11.3 Å². The normalized spacial score (nSPS) is 11.3. The van der Waals surface area contributed by atoms with Crippen molar-refractivity contribution < 1.29 is 19.4 Å². The van der Waals surface area contributed by atoms with Crippen LogP contribution in [0.1, 0.15) is 18.2 Å². The number of methoxy groups -OCH3 is 2. The van der Waals surface area contributed by atoms with Crippen molar-refractivity contribution in [3.05, 3.63) is 53.1 Å². The van der Waals surface area contributed by atoms with Crippen molar-refractivity contribution in [3.63, 3.8) is 0 Å². The third kappa shape index (κ3) is 3.70. The first-order valence-electron chi connectivity index (χ1n) is 8.42. The second-order valence-electron chi connectivity index (χ2n) is 5.95. The van der Waals surface area contributed by atoms with Gasteiger partial charge in [-0.15, -0.1) is 11.3 Å². The Morgan fingerprint density at radius 2 is 2.07 bits per heavy atom. The smallest absolute Gasteiger partial charge is 0.331 e. The van der Waals surface area contributed by atoms with E-state index in [4.69, 9.17) is 9.47 Å². The van der Waals surface area contributed by atoms with Gasteiger partial charge < -0.3 is 19.9 Å². The molecule has 0 radical (unpaired) electrons. The molecule has 0 unspecified atom stereocenters. The quantitative estimate of drug-likeness (QED) is 0.535. The fourth-order valence-electron chi connectivity index (χ4n) is 2.77. The monoisotopic (exact) mass is 396 g/mol. The van der Waals surface area contributed by atoms with E-state index in [9.17, 15) is 9.90 Å². The summed E-state index contributed by atoms with van der Waals surface area (Å²) >= 11 is 1.55. The van der Waals surface area contributed by atoms with Crippen molar-refractivity contribution in [3.8, 4) is 11.5 Å². The summed E-state index contributed by atoms with van der Waals surface area (Å²) in [5.41, 5.74) is 2.22. The molecule has 144 valence electrons. The van der Waals surface area contributed by atoms with Crippen LogP contribution in [0.4, 0.5) is 11.5 Å². The summed E-state index contributed by atoms with van der Waals surface area (Å²) in [6.45, 7) is 5.41. The maximum absolute atomic E-state index is 11.3. The minimum absolute atomic E-state index is 0.191. The van der Waals surface area contributed by atoms with Crippen molar-refractivity contribution in [2.24, 2.45) is 0 Å². The van der Waals surface area contributed by atoms with Gasteiger partial charge in [0.15, 0.2) is 0 Å². The van der Waals surface area contributed by atoms with Gasteiger partial charge in [0.2, 0.25) is 0 Å². The number of hydrogen-bond donors (Lipinski definition) is 2. The van der Waals surface area contributed by atoms with Crippen molar-refractivity contribution in [2.75, 3.05) is 19.5 Å². The molecule has 3 rings (SSSR count). The van der Waals surface area contributed by atoms with Crippen LogP contribution in [0.25, 0.3) is 22.2 Å². The number of ether oxygens (including phenoxy) is 2. The third-order valence-electron chi connectivity index (χ3n) is 4.23. The largest absolute Gasteiger partial charge is 0.497 e. The second-order valence-corrected chi connectivity index (χ2v) is 6.87. The highest BCUT2D eigenvalue weighted by atomic mass is 32.1. The Morgan fingerprint density at radius 3 is 2.71 bits per heavy atom. The fraction of sp³-hybridized carbons (Fsp3) is 0.143. The molecule has 1 aromatic carbocycles. The first-order valence-corrected chi connectivity index (χ1v) is 9.30. The Bertz CT molecular complexity index is 1090. The molecule has 7 heteroatoms. The topological polar surface area (TPSA) is 80.7 Å². The lowest BCUT2D eigenvalue weighted by molar-refractivity contribution is -0.132. The Balaban J connectivity index is 2.19. The van der Waals surface area contributed by atoms with Crippen molar-refractivity contribution in [2.45, 2.75) is 6.92 Å². The Labute approximate surface area is 166 Å². The van der Waals surface area contributed by atoms with Gasteiger partial charge in [-0.3, -0.25) is 0 Å². The van der Waals surface area contributed by atoms with Gasteiger partial charge in [0.25, 0.3) is 0 Å². The highest BCUT2D eigenvalue weighted by Gasteiger charge is 2.15. The lowest BCUT2D eigenvalue weighted by Crippen LogP contribution is -2.02. The molecule has 0 atom stereocenters. The number of aromatic nitrogens is 1. The van der Waals surface area contributed by atoms with Crippen LogP contribution in [-0.2, 0) is 4.79 Å². The maximum atomic E-state index is 11.3. The highest BCUT2D eigenvalue weighted by Crippen LogP contribution is 2.37. The zero-order valence-electron chi connectivity index (χ0n) is 15.8. The standard InChI is InChI=1S/C21H20N2O4S/c1-5-14-16(10-12(2)21(24)25)22-20(15-8-9-28-19(14)15)23-17-11-13(26-3)6-7-18(17)27-4/h5-11H,1H2,2-4H3,(H,22,23)(H,24,25)/b12-10+. The van der Waals surface area contributed by atoms with Gasteiger partial charge in [-0.2, -0.15) is 0 Å². The Morgan fingerprint density at radius 1 is 1.29 bits per heavy atom. The summed E-state index contributed by atoms with van der Waals surface area (Å²) in [5, 5.41) is 15.4. The number of carboxylic acid groups (broad SMARTS) is 1. The Hall–Kier alpha value is -3.32. The number of nitrogens with one attached hydrogen (secondary N) is 1. The van der Waals surface area contributed by atoms with Crippen LogP contribution in [0.2, 0.25) is 0 Å². The van der Waals surface area contributed by atoms with E-state index in [1.807, 2.05) is 23.6 Å². The summed E-state index contributed by atoms with van der Waals surface area (Å²) < 4.78 is 11.7. The maximum Gasteiger partial charge on any atom is 0.331 e. The molecule has 0 spiro atoms. The van der Waals surface area contributed by atoms with E-state index < -0.39 is 5.97 Å². The average molecular weight is 396 g/mol. The van der Waals surface area contributed by atoms with E-state index in [2.05, 4.69) is 16.9 Å². The summed E-state index contributed by atoms with van der Waals surface area (Å²) in [7, 11) is 3.18. The number of rotatable bonds is 7. The number of anilines is 2. The molecule has 0 aliphatic rings. The van der Waals surface area contributed by atoms with Gasteiger partial charge in [0, 0.05) is 27.3 Å². The predicted molar refractivity (Wildman–Crippen MR) is 114 cm³/mol. The molecule has 0 aliphatic heterocycles.